The molecule has 0 aromatic heterocycles. The fourth-order valence-electron chi connectivity index (χ4n) is 3.90. The molecule has 2 atom stereocenters. The first-order chi connectivity index (χ1) is 12.0. The monoisotopic (exact) mass is 346 g/mol. The minimum Gasteiger partial charge on any atom is -0.468 e. The van der Waals surface area contributed by atoms with Gasteiger partial charge in [-0.3, -0.25) is 4.79 Å². The van der Waals surface area contributed by atoms with Crippen LogP contribution < -0.4 is 0 Å². The maximum atomic E-state index is 12.6. The van der Waals surface area contributed by atoms with Crippen LogP contribution in [0, 0.1) is 12.3 Å². The third kappa shape index (κ3) is 4.42. The lowest BCUT2D eigenvalue weighted by molar-refractivity contribution is -0.159. The van der Waals surface area contributed by atoms with Crippen molar-refractivity contribution in [1.82, 2.24) is 0 Å². The number of carbonyl (C=O) groups is 2. The van der Waals surface area contributed by atoms with Gasteiger partial charge >= 0.3 is 11.9 Å². The van der Waals surface area contributed by atoms with Crippen LogP contribution in [0.25, 0.3) is 0 Å². The van der Waals surface area contributed by atoms with E-state index in [1.165, 1.54) is 7.11 Å². The van der Waals surface area contributed by atoms with Crippen molar-refractivity contribution in [2.24, 2.45) is 5.41 Å². The van der Waals surface area contributed by atoms with E-state index in [9.17, 15) is 9.59 Å². The molecule has 25 heavy (non-hydrogen) atoms. The van der Waals surface area contributed by atoms with Gasteiger partial charge in [0.15, 0.2) is 0 Å². The van der Waals surface area contributed by atoms with E-state index in [-0.39, 0.29) is 11.9 Å². The third-order valence-corrected chi connectivity index (χ3v) is 5.39. The second kappa shape index (κ2) is 9.02. The zero-order valence-corrected chi connectivity index (χ0v) is 15.7. The Morgan fingerprint density at radius 3 is 2.64 bits per heavy atom. The van der Waals surface area contributed by atoms with Crippen LogP contribution in [0.5, 0.6) is 0 Å². The summed E-state index contributed by atoms with van der Waals surface area (Å²) >= 11 is 0. The number of benzene rings is 1. The number of aryl methyl sites for hydroxylation is 1. The zero-order valence-electron chi connectivity index (χ0n) is 15.7. The minimum atomic E-state index is -0.680. The van der Waals surface area contributed by atoms with E-state index >= 15 is 0 Å². The van der Waals surface area contributed by atoms with E-state index in [1.807, 2.05) is 25.1 Å². The summed E-state index contributed by atoms with van der Waals surface area (Å²) in [4.78, 5) is 25.2. The Labute approximate surface area is 150 Å². The fraction of sp³-hybridized carbons (Fsp3) is 0.619. The topological polar surface area (TPSA) is 52.6 Å². The summed E-state index contributed by atoms with van der Waals surface area (Å²) < 4.78 is 10.9. The van der Waals surface area contributed by atoms with E-state index in [0.29, 0.717) is 5.56 Å². The van der Waals surface area contributed by atoms with Gasteiger partial charge in [0.1, 0.15) is 11.5 Å². The molecule has 1 aliphatic carbocycles. The van der Waals surface area contributed by atoms with Crippen LogP contribution in [-0.4, -0.2) is 25.2 Å². The Hall–Kier alpha value is -1.84. The van der Waals surface area contributed by atoms with E-state index in [1.54, 1.807) is 6.07 Å². The lowest BCUT2D eigenvalue weighted by Crippen LogP contribution is -2.42. The second-order valence-corrected chi connectivity index (χ2v) is 7.06. The Morgan fingerprint density at radius 2 is 1.96 bits per heavy atom. The molecule has 0 radical (unpaired) electrons. The van der Waals surface area contributed by atoms with Crippen molar-refractivity contribution in [3.05, 3.63) is 35.4 Å². The number of esters is 2. The van der Waals surface area contributed by atoms with Crippen LogP contribution in [0.1, 0.15) is 74.2 Å². The number of ether oxygens (including phenoxy) is 2. The van der Waals surface area contributed by atoms with Crippen LogP contribution in [0.2, 0.25) is 0 Å². The molecule has 1 aromatic carbocycles. The van der Waals surface area contributed by atoms with Crippen LogP contribution >= 0.6 is 0 Å². The standard InChI is InChI=1S/C21H30O4/c1-4-5-6-9-14-21(20(23)24-3)15-10-13-18(21)25-19(22)17-12-8-7-11-16(17)2/h7-8,11-12,18H,4-6,9-10,13-15H2,1-3H3. The van der Waals surface area contributed by atoms with E-state index in [4.69, 9.17) is 9.47 Å². The first kappa shape index (κ1) is 19.5. The normalized spacial score (nSPS) is 22.6. The summed E-state index contributed by atoms with van der Waals surface area (Å²) in [5, 5.41) is 0. The summed E-state index contributed by atoms with van der Waals surface area (Å²) in [6.07, 6.45) is 7.03. The molecular weight excluding hydrogens is 316 g/mol. The summed E-state index contributed by atoms with van der Waals surface area (Å²) in [7, 11) is 1.43. The molecule has 4 heteroatoms. The molecule has 1 aliphatic rings. The van der Waals surface area contributed by atoms with Gasteiger partial charge in [-0.1, -0.05) is 50.8 Å². The number of carbonyl (C=O) groups excluding carboxylic acids is 2. The maximum absolute atomic E-state index is 12.6. The van der Waals surface area contributed by atoms with Crippen LogP contribution in [0.4, 0.5) is 0 Å². The minimum absolute atomic E-state index is 0.232. The van der Waals surface area contributed by atoms with Gasteiger partial charge in [-0.05, 0) is 44.2 Å². The highest BCUT2D eigenvalue weighted by atomic mass is 16.6. The molecule has 2 rings (SSSR count). The van der Waals surface area contributed by atoms with Crippen LogP contribution in [-0.2, 0) is 14.3 Å². The molecule has 0 saturated heterocycles. The van der Waals surface area contributed by atoms with Gasteiger partial charge in [0.05, 0.1) is 12.7 Å². The number of rotatable bonds is 8. The molecule has 0 heterocycles. The highest BCUT2D eigenvalue weighted by Crippen LogP contribution is 2.45. The molecule has 2 unspecified atom stereocenters. The summed E-state index contributed by atoms with van der Waals surface area (Å²) in [5.41, 5.74) is 0.775. The average Bonchev–Trinajstić information content (AvgIpc) is 3.02. The molecule has 1 fully saturated rings. The molecule has 0 bridgehead atoms. The molecule has 0 N–H and O–H groups in total. The van der Waals surface area contributed by atoms with E-state index < -0.39 is 11.5 Å². The number of hydrogen-bond acceptors (Lipinski definition) is 4. The first-order valence-corrected chi connectivity index (χ1v) is 9.40. The summed E-state index contributed by atoms with van der Waals surface area (Å²) in [6.45, 7) is 4.06. The fourth-order valence-corrected chi connectivity index (χ4v) is 3.90. The highest BCUT2D eigenvalue weighted by Gasteiger charge is 2.51. The van der Waals surface area contributed by atoms with Crippen molar-refractivity contribution in [1.29, 1.82) is 0 Å². The molecule has 1 aromatic rings. The molecule has 138 valence electrons. The average molecular weight is 346 g/mol. The molecule has 0 amide bonds. The predicted octanol–water partition coefficient (Wildman–Crippen LogP) is 4.83. The smallest absolute Gasteiger partial charge is 0.338 e. The third-order valence-electron chi connectivity index (χ3n) is 5.39. The van der Waals surface area contributed by atoms with Crippen molar-refractivity contribution in [2.75, 3.05) is 7.11 Å². The number of hydrogen-bond donors (Lipinski definition) is 0. The molecule has 0 aliphatic heterocycles. The first-order valence-electron chi connectivity index (χ1n) is 9.40. The quantitative estimate of drug-likeness (QED) is 0.499. The summed E-state index contributed by atoms with van der Waals surface area (Å²) in [5.74, 6) is -0.573. The van der Waals surface area contributed by atoms with E-state index in [0.717, 1.165) is 56.9 Å². The van der Waals surface area contributed by atoms with Crippen molar-refractivity contribution in [3.8, 4) is 0 Å². The Bertz CT molecular complexity index is 595. The van der Waals surface area contributed by atoms with Gasteiger partial charge < -0.3 is 9.47 Å². The lowest BCUT2D eigenvalue weighted by Gasteiger charge is -2.32. The Kier molecular flexibility index (Phi) is 7.03. The lowest BCUT2D eigenvalue weighted by atomic mass is 9.78. The molecule has 1 saturated carbocycles. The van der Waals surface area contributed by atoms with Crippen molar-refractivity contribution in [2.45, 2.75) is 71.3 Å². The largest absolute Gasteiger partial charge is 0.468 e. The van der Waals surface area contributed by atoms with Gasteiger partial charge in [-0.2, -0.15) is 0 Å². The SMILES string of the molecule is CCCCCCC1(C(=O)OC)CCCC1OC(=O)c1ccccc1C. The Morgan fingerprint density at radius 1 is 1.20 bits per heavy atom. The van der Waals surface area contributed by atoms with Crippen molar-refractivity contribution >= 4 is 11.9 Å². The number of methoxy groups -OCH3 is 1. The highest BCUT2D eigenvalue weighted by molar-refractivity contribution is 5.91. The van der Waals surface area contributed by atoms with Crippen molar-refractivity contribution in [3.63, 3.8) is 0 Å². The second-order valence-electron chi connectivity index (χ2n) is 7.06. The van der Waals surface area contributed by atoms with Crippen LogP contribution in [0.3, 0.4) is 0 Å². The van der Waals surface area contributed by atoms with Crippen molar-refractivity contribution < 1.29 is 19.1 Å². The maximum Gasteiger partial charge on any atom is 0.338 e. The molecule has 0 spiro atoms. The van der Waals surface area contributed by atoms with Gasteiger partial charge in [0.25, 0.3) is 0 Å². The van der Waals surface area contributed by atoms with E-state index in [2.05, 4.69) is 6.92 Å². The Balaban J connectivity index is 2.14. The molecular formula is C21H30O4. The number of unbranched alkanes of at least 4 members (excludes halogenated alkanes) is 3. The van der Waals surface area contributed by atoms with Gasteiger partial charge in [0, 0.05) is 0 Å². The molecule has 4 nitrogen and oxygen atoms in total. The van der Waals surface area contributed by atoms with Gasteiger partial charge in [-0.25, -0.2) is 4.79 Å². The van der Waals surface area contributed by atoms with Gasteiger partial charge in [0.2, 0.25) is 0 Å². The summed E-state index contributed by atoms with van der Waals surface area (Å²) in [6, 6.07) is 7.39. The predicted molar refractivity (Wildman–Crippen MR) is 97.4 cm³/mol. The van der Waals surface area contributed by atoms with Crippen LogP contribution in [0.15, 0.2) is 24.3 Å². The zero-order chi connectivity index (χ0) is 18.3. The van der Waals surface area contributed by atoms with Gasteiger partial charge in [-0.15, -0.1) is 0 Å².